The van der Waals surface area contributed by atoms with Crippen molar-refractivity contribution in [3.63, 3.8) is 0 Å². The van der Waals surface area contributed by atoms with Crippen LogP contribution in [0.15, 0.2) is 54.9 Å². The van der Waals surface area contributed by atoms with Gasteiger partial charge in [0.15, 0.2) is 12.1 Å². The van der Waals surface area contributed by atoms with Crippen molar-refractivity contribution in [3.8, 4) is 0 Å². The van der Waals surface area contributed by atoms with E-state index in [2.05, 4.69) is 35.3 Å². The standard InChI is InChI=1S/C15H12N2O/c18-11-15-16-7-8-17(15)10-12-5-6-13-3-1-2-4-14(13)9-12/h1-9,11H,10H2. The van der Waals surface area contributed by atoms with Gasteiger partial charge in [-0.15, -0.1) is 0 Å². The first kappa shape index (κ1) is 10.7. The Labute approximate surface area is 105 Å². The lowest BCUT2D eigenvalue weighted by Gasteiger charge is -2.06. The van der Waals surface area contributed by atoms with E-state index in [1.165, 1.54) is 10.8 Å². The molecular weight excluding hydrogens is 224 g/mol. The average Bonchev–Trinajstić information content (AvgIpc) is 2.86. The van der Waals surface area contributed by atoms with Crippen LogP contribution in [0.2, 0.25) is 0 Å². The molecule has 0 atom stereocenters. The number of carbonyl (C=O) groups is 1. The minimum atomic E-state index is 0.461. The van der Waals surface area contributed by atoms with Crippen LogP contribution in [-0.2, 0) is 6.54 Å². The van der Waals surface area contributed by atoms with Gasteiger partial charge in [0.2, 0.25) is 0 Å². The van der Waals surface area contributed by atoms with Crippen LogP contribution >= 0.6 is 0 Å². The highest BCUT2D eigenvalue weighted by atomic mass is 16.1. The molecule has 88 valence electrons. The number of rotatable bonds is 3. The van der Waals surface area contributed by atoms with E-state index in [4.69, 9.17) is 0 Å². The third-order valence-electron chi connectivity index (χ3n) is 3.02. The fraction of sp³-hybridized carbons (Fsp3) is 0.0667. The van der Waals surface area contributed by atoms with Gasteiger partial charge in [-0.2, -0.15) is 0 Å². The molecule has 0 saturated carbocycles. The Morgan fingerprint density at radius 1 is 1.11 bits per heavy atom. The van der Waals surface area contributed by atoms with Gasteiger partial charge in [-0.1, -0.05) is 36.4 Å². The molecule has 0 unspecified atom stereocenters. The highest BCUT2D eigenvalue weighted by molar-refractivity contribution is 5.83. The molecule has 1 heterocycles. The molecule has 2 aromatic carbocycles. The minimum Gasteiger partial charge on any atom is -0.324 e. The Hall–Kier alpha value is -2.42. The van der Waals surface area contributed by atoms with E-state index in [9.17, 15) is 4.79 Å². The molecule has 0 fully saturated rings. The van der Waals surface area contributed by atoms with Crippen molar-refractivity contribution in [2.24, 2.45) is 0 Å². The van der Waals surface area contributed by atoms with Crippen molar-refractivity contribution in [3.05, 3.63) is 66.2 Å². The SMILES string of the molecule is O=Cc1nccn1Cc1ccc2ccccc2c1. The smallest absolute Gasteiger partial charge is 0.185 e. The number of benzene rings is 2. The van der Waals surface area contributed by atoms with Crippen LogP contribution in [0.25, 0.3) is 10.8 Å². The third-order valence-corrected chi connectivity index (χ3v) is 3.02. The largest absolute Gasteiger partial charge is 0.324 e. The summed E-state index contributed by atoms with van der Waals surface area (Å²) in [5.41, 5.74) is 1.16. The van der Waals surface area contributed by atoms with Gasteiger partial charge in [0.25, 0.3) is 0 Å². The van der Waals surface area contributed by atoms with Gasteiger partial charge in [-0.05, 0) is 22.4 Å². The molecule has 3 rings (SSSR count). The molecule has 0 bridgehead atoms. The zero-order valence-corrected chi connectivity index (χ0v) is 9.78. The molecule has 0 radical (unpaired) electrons. The average molecular weight is 236 g/mol. The molecule has 1 aromatic heterocycles. The van der Waals surface area contributed by atoms with Crippen LogP contribution in [-0.4, -0.2) is 15.8 Å². The van der Waals surface area contributed by atoms with E-state index in [1.807, 2.05) is 22.9 Å². The number of hydrogen-bond acceptors (Lipinski definition) is 2. The van der Waals surface area contributed by atoms with Crippen molar-refractivity contribution < 1.29 is 4.79 Å². The lowest BCUT2D eigenvalue weighted by atomic mass is 10.1. The van der Waals surface area contributed by atoms with Crippen LogP contribution in [0.5, 0.6) is 0 Å². The van der Waals surface area contributed by atoms with Crippen molar-refractivity contribution in [1.29, 1.82) is 0 Å². The van der Waals surface area contributed by atoms with Gasteiger partial charge in [0, 0.05) is 18.9 Å². The molecule has 18 heavy (non-hydrogen) atoms. The number of aldehydes is 1. The molecular formula is C15H12N2O. The van der Waals surface area contributed by atoms with E-state index < -0.39 is 0 Å². The van der Waals surface area contributed by atoms with Gasteiger partial charge in [-0.3, -0.25) is 4.79 Å². The predicted molar refractivity (Wildman–Crippen MR) is 70.7 cm³/mol. The highest BCUT2D eigenvalue weighted by Crippen LogP contribution is 2.16. The van der Waals surface area contributed by atoms with Gasteiger partial charge in [0.1, 0.15) is 0 Å². The van der Waals surface area contributed by atoms with E-state index >= 15 is 0 Å². The maximum atomic E-state index is 10.8. The molecule has 3 aromatic rings. The number of carbonyl (C=O) groups excluding carboxylic acids is 1. The zero-order valence-electron chi connectivity index (χ0n) is 9.78. The summed E-state index contributed by atoms with van der Waals surface area (Å²) >= 11 is 0. The van der Waals surface area contributed by atoms with Crippen LogP contribution in [0.4, 0.5) is 0 Å². The number of hydrogen-bond donors (Lipinski definition) is 0. The fourth-order valence-electron chi connectivity index (χ4n) is 2.11. The van der Waals surface area contributed by atoms with Crippen molar-refractivity contribution in [2.75, 3.05) is 0 Å². The summed E-state index contributed by atoms with van der Waals surface area (Å²) in [6.07, 6.45) is 4.24. The van der Waals surface area contributed by atoms with Gasteiger partial charge >= 0.3 is 0 Å². The van der Waals surface area contributed by atoms with E-state index in [0.29, 0.717) is 12.4 Å². The second-order valence-electron chi connectivity index (χ2n) is 4.21. The summed E-state index contributed by atoms with van der Waals surface area (Å²) in [6, 6.07) is 14.6. The first-order valence-electron chi connectivity index (χ1n) is 5.81. The molecule has 3 nitrogen and oxygen atoms in total. The Bertz CT molecular complexity index is 700. The molecule has 3 heteroatoms. The Morgan fingerprint density at radius 2 is 1.94 bits per heavy atom. The maximum absolute atomic E-state index is 10.8. The Balaban J connectivity index is 1.97. The number of nitrogens with zero attached hydrogens (tertiary/aromatic N) is 2. The molecule has 0 spiro atoms. The van der Waals surface area contributed by atoms with Crippen LogP contribution in [0.1, 0.15) is 16.2 Å². The summed E-state index contributed by atoms with van der Waals surface area (Å²) in [5, 5.41) is 2.44. The molecule has 0 aliphatic heterocycles. The normalized spacial score (nSPS) is 10.7. The van der Waals surface area contributed by atoms with E-state index in [1.54, 1.807) is 6.20 Å². The molecule has 0 aliphatic carbocycles. The topological polar surface area (TPSA) is 34.9 Å². The van der Waals surface area contributed by atoms with Gasteiger partial charge in [-0.25, -0.2) is 4.98 Å². The molecule has 0 aliphatic rings. The number of fused-ring (bicyclic) bond motifs is 1. The lowest BCUT2D eigenvalue weighted by Crippen LogP contribution is -2.03. The Morgan fingerprint density at radius 3 is 2.78 bits per heavy atom. The Kier molecular flexibility index (Phi) is 2.65. The fourth-order valence-corrected chi connectivity index (χ4v) is 2.11. The predicted octanol–water partition coefficient (Wildman–Crippen LogP) is 2.90. The van der Waals surface area contributed by atoms with Gasteiger partial charge < -0.3 is 4.57 Å². The molecule has 0 N–H and O–H groups in total. The highest BCUT2D eigenvalue weighted by Gasteiger charge is 2.02. The lowest BCUT2D eigenvalue weighted by molar-refractivity contribution is 0.111. The second kappa shape index (κ2) is 4.45. The quantitative estimate of drug-likeness (QED) is 0.655. The summed E-state index contributed by atoms with van der Waals surface area (Å²) in [4.78, 5) is 14.8. The maximum Gasteiger partial charge on any atom is 0.185 e. The first-order valence-corrected chi connectivity index (χ1v) is 5.81. The minimum absolute atomic E-state index is 0.461. The van der Waals surface area contributed by atoms with E-state index in [-0.39, 0.29) is 0 Å². The third kappa shape index (κ3) is 1.91. The first-order chi connectivity index (χ1) is 8.86. The molecule has 0 amide bonds. The van der Waals surface area contributed by atoms with Crippen molar-refractivity contribution in [2.45, 2.75) is 6.54 Å². The summed E-state index contributed by atoms with van der Waals surface area (Å²) < 4.78 is 1.84. The number of imidazole rings is 1. The van der Waals surface area contributed by atoms with Gasteiger partial charge in [0.05, 0.1) is 0 Å². The summed E-state index contributed by atoms with van der Waals surface area (Å²) in [6.45, 7) is 0.666. The van der Waals surface area contributed by atoms with Crippen molar-refractivity contribution in [1.82, 2.24) is 9.55 Å². The van der Waals surface area contributed by atoms with Crippen molar-refractivity contribution >= 4 is 17.1 Å². The van der Waals surface area contributed by atoms with E-state index in [0.717, 1.165) is 11.8 Å². The molecule has 0 saturated heterocycles. The van der Waals surface area contributed by atoms with Crippen LogP contribution in [0.3, 0.4) is 0 Å². The number of aromatic nitrogens is 2. The zero-order chi connectivity index (χ0) is 12.4. The summed E-state index contributed by atoms with van der Waals surface area (Å²) in [7, 11) is 0. The summed E-state index contributed by atoms with van der Waals surface area (Å²) in [5.74, 6) is 0.461. The van der Waals surface area contributed by atoms with Crippen LogP contribution in [0, 0.1) is 0 Å². The van der Waals surface area contributed by atoms with Crippen LogP contribution < -0.4 is 0 Å². The monoisotopic (exact) mass is 236 g/mol. The second-order valence-corrected chi connectivity index (χ2v) is 4.21.